The maximum absolute atomic E-state index is 14.0. The van der Waals surface area contributed by atoms with Crippen molar-refractivity contribution in [1.82, 2.24) is 9.88 Å². The zero-order valence-electron chi connectivity index (χ0n) is 18.5. The van der Waals surface area contributed by atoms with Crippen LogP contribution in [0.4, 0.5) is 4.39 Å². The van der Waals surface area contributed by atoms with Gasteiger partial charge in [-0.3, -0.25) is 9.78 Å². The summed E-state index contributed by atoms with van der Waals surface area (Å²) >= 11 is 0. The molecule has 0 bridgehead atoms. The first-order valence-corrected chi connectivity index (χ1v) is 11.6. The topological polar surface area (TPSA) is 46.3 Å². The van der Waals surface area contributed by atoms with E-state index in [-0.39, 0.29) is 17.5 Å². The number of fused-ring (bicyclic) bond motifs is 1. The molecule has 1 aliphatic rings. The van der Waals surface area contributed by atoms with Crippen molar-refractivity contribution in [3.8, 4) is 0 Å². The van der Waals surface area contributed by atoms with Crippen molar-refractivity contribution in [3.05, 3.63) is 102 Å². The van der Waals surface area contributed by atoms with Crippen molar-refractivity contribution >= 4 is 16.8 Å². The number of likely N-dealkylation sites (tertiary alicyclic amines) is 1. The standard InChI is InChI=1S/C28H27FN2O2/c29-25-10-9-22(28-23(25)14-19-33-28)20-11-16-31(17-12-20)18-13-24(26-8-4-5-15-30-26)27(32)21-6-2-1-3-7-21/h1-10,14-15,19-20,24H,11-13,16-18H2. The zero-order valence-corrected chi connectivity index (χ0v) is 18.5. The molecule has 5 rings (SSSR count). The molecule has 1 atom stereocenters. The third-order valence-corrected chi connectivity index (χ3v) is 6.77. The van der Waals surface area contributed by atoms with E-state index in [1.165, 1.54) is 0 Å². The highest BCUT2D eigenvalue weighted by molar-refractivity contribution is 6.00. The highest BCUT2D eigenvalue weighted by atomic mass is 19.1. The number of benzene rings is 2. The molecule has 2 aromatic carbocycles. The van der Waals surface area contributed by atoms with Gasteiger partial charge >= 0.3 is 0 Å². The number of hydrogen-bond donors (Lipinski definition) is 0. The average Bonchev–Trinajstić information content (AvgIpc) is 3.37. The van der Waals surface area contributed by atoms with Gasteiger partial charge in [0.15, 0.2) is 5.78 Å². The third kappa shape index (κ3) is 4.60. The number of ketones is 1. The van der Waals surface area contributed by atoms with Crippen molar-refractivity contribution in [2.75, 3.05) is 19.6 Å². The fourth-order valence-corrected chi connectivity index (χ4v) is 4.95. The van der Waals surface area contributed by atoms with Gasteiger partial charge in [0, 0.05) is 11.8 Å². The monoisotopic (exact) mass is 442 g/mol. The maximum atomic E-state index is 14.0. The van der Waals surface area contributed by atoms with E-state index in [0.717, 1.165) is 55.7 Å². The van der Waals surface area contributed by atoms with Crippen LogP contribution in [-0.4, -0.2) is 35.3 Å². The van der Waals surface area contributed by atoms with E-state index >= 15 is 0 Å². The average molecular weight is 443 g/mol. The SMILES string of the molecule is O=C(c1ccccc1)C(CCN1CCC(c2ccc(F)c3ccoc23)CC1)c1ccccn1. The minimum atomic E-state index is -0.258. The van der Waals surface area contributed by atoms with Crippen molar-refractivity contribution in [1.29, 1.82) is 0 Å². The Labute approximate surface area is 193 Å². The highest BCUT2D eigenvalue weighted by Gasteiger charge is 2.27. The quantitative estimate of drug-likeness (QED) is 0.320. The van der Waals surface area contributed by atoms with Gasteiger partial charge in [-0.15, -0.1) is 0 Å². The number of nitrogens with zero attached hydrogens (tertiary/aromatic N) is 2. The Morgan fingerprint density at radius 1 is 1.03 bits per heavy atom. The Morgan fingerprint density at radius 2 is 1.82 bits per heavy atom. The molecular formula is C28H27FN2O2. The lowest BCUT2D eigenvalue weighted by Crippen LogP contribution is -2.35. The van der Waals surface area contributed by atoms with Crippen molar-refractivity contribution in [3.63, 3.8) is 0 Å². The number of Topliss-reactive ketones (excluding diaryl/α,β-unsaturated/α-hetero) is 1. The molecule has 2 aromatic heterocycles. The summed E-state index contributed by atoms with van der Waals surface area (Å²) in [5, 5.41) is 0.563. The van der Waals surface area contributed by atoms with Crippen LogP contribution in [0.3, 0.4) is 0 Å². The first-order chi connectivity index (χ1) is 16.2. The van der Waals surface area contributed by atoms with E-state index in [1.807, 2.05) is 54.6 Å². The van der Waals surface area contributed by atoms with Gasteiger partial charge in [0.1, 0.15) is 11.4 Å². The van der Waals surface area contributed by atoms with E-state index in [2.05, 4.69) is 9.88 Å². The molecule has 0 amide bonds. The number of aromatic nitrogens is 1. The fraction of sp³-hybridized carbons (Fsp3) is 0.286. The molecule has 5 heteroatoms. The van der Waals surface area contributed by atoms with Crippen LogP contribution < -0.4 is 0 Å². The second-order valence-corrected chi connectivity index (χ2v) is 8.74. The van der Waals surface area contributed by atoms with Crippen LogP contribution in [-0.2, 0) is 0 Å². The van der Waals surface area contributed by atoms with Crippen molar-refractivity contribution in [2.24, 2.45) is 0 Å². The maximum Gasteiger partial charge on any atom is 0.171 e. The second kappa shape index (κ2) is 9.67. The van der Waals surface area contributed by atoms with Gasteiger partial charge in [0.2, 0.25) is 0 Å². The largest absolute Gasteiger partial charge is 0.464 e. The van der Waals surface area contributed by atoms with Crippen LogP contribution in [0, 0.1) is 5.82 Å². The molecule has 0 aliphatic carbocycles. The summed E-state index contributed by atoms with van der Waals surface area (Å²) in [6.45, 7) is 2.73. The van der Waals surface area contributed by atoms with Crippen LogP contribution >= 0.6 is 0 Å². The van der Waals surface area contributed by atoms with Gasteiger partial charge < -0.3 is 9.32 Å². The molecule has 1 aliphatic heterocycles. The predicted molar refractivity (Wildman–Crippen MR) is 127 cm³/mol. The fourth-order valence-electron chi connectivity index (χ4n) is 4.95. The molecule has 168 valence electrons. The van der Waals surface area contributed by atoms with Crippen molar-refractivity contribution < 1.29 is 13.6 Å². The number of hydrogen-bond acceptors (Lipinski definition) is 4. The molecule has 4 aromatic rings. The van der Waals surface area contributed by atoms with E-state index in [0.29, 0.717) is 16.9 Å². The molecule has 33 heavy (non-hydrogen) atoms. The van der Waals surface area contributed by atoms with Gasteiger partial charge in [-0.1, -0.05) is 42.5 Å². The zero-order chi connectivity index (χ0) is 22.6. The Bertz CT molecular complexity index is 1210. The van der Waals surface area contributed by atoms with Crippen LogP contribution in [0.15, 0.2) is 83.6 Å². The smallest absolute Gasteiger partial charge is 0.171 e. The lowest BCUT2D eigenvalue weighted by Gasteiger charge is -2.33. The van der Waals surface area contributed by atoms with Gasteiger partial charge in [0.25, 0.3) is 0 Å². The molecule has 0 spiro atoms. The summed E-state index contributed by atoms with van der Waals surface area (Å²) in [4.78, 5) is 20.2. The first kappa shape index (κ1) is 21.5. The number of carbonyl (C=O) groups is 1. The summed E-state index contributed by atoms with van der Waals surface area (Å²) in [5.74, 6) is -0.0153. The summed E-state index contributed by atoms with van der Waals surface area (Å²) < 4.78 is 19.6. The Balaban J connectivity index is 1.25. The molecule has 4 nitrogen and oxygen atoms in total. The first-order valence-electron chi connectivity index (χ1n) is 11.6. The number of rotatable bonds is 7. The molecule has 3 heterocycles. The van der Waals surface area contributed by atoms with Gasteiger partial charge in [-0.25, -0.2) is 4.39 Å². The summed E-state index contributed by atoms with van der Waals surface area (Å²) in [6.07, 6.45) is 6.02. The molecule has 1 fully saturated rings. The van der Waals surface area contributed by atoms with E-state index in [4.69, 9.17) is 4.42 Å². The van der Waals surface area contributed by atoms with Crippen LogP contribution in [0.2, 0.25) is 0 Å². The lowest BCUT2D eigenvalue weighted by molar-refractivity contribution is 0.0942. The van der Waals surface area contributed by atoms with Crippen molar-refractivity contribution in [2.45, 2.75) is 31.1 Å². The Morgan fingerprint density at radius 3 is 2.58 bits per heavy atom. The number of carbonyl (C=O) groups excluding carboxylic acids is 1. The van der Waals surface area contributed by atoms with Crippen LogP contribution in [0.5, 0.6) is 0 Å². The second-order valence-electron chi connectivity index (χ2n) is 8.74. The number of pyridine rings is 1. The molecule has 0 N–H and O–H groups in total. The third-order valence-electron chi connectivity index (χ3n) is 6.77. The minimum Gasteiger partial charge on any atom is -0.464 e. The molecule has 0 saturated carbocycles. The Kier molecular flexibility index (Phi) is 6.31. The van der Waals surface area contributed by atoms with Gasteiger partial charge in [-0.2, -0.15) is 0 Å². The minimum absolute atomic E-state index is 0.121. The number of furan rings is 1. The van der Waals surface area contributed by atoms with Gasteiger partial charge in [0.05, 0.1) is 23.3 Å². The lowest BCUT2D eigenvalue weighted by atomic mass is 9.87. The summed E-state index contributed by atoms with van der Waals surface area (Å²) in [5.41, 5.74) is 3.33. The summed E-state index contributed by atoms with van der Waals surface area (Å²) in [7, 11) is 0. The van der Waals surface area contributed by atoms with E-state index < -0.39 is 0 Å². The number of piperidine rings is 1. The molecule has 0 radical (unpaired) electrons. The molecular weight excluding hydrogens is 415 g/mol. The molecule has 1 saturated heterocycles. The van der Waals surface area contributed by atoms with E-state index in [1.54, 1.807) is 24.6 Å². The van der Waals surface area contributed by atoms with E-state index in [9.17, 15) is 9.18 Å². The van der Waals surface area contributed by atoms with Gasteiger partial charge in [-0.05, 0) is 74.6 Å². The number of halogens is 1. The van der Waals surface area contributed by atoms with Crippen LogP contribution in [0.25, 0.3) is 11.0 Å². The normalized spacial score (nSPS) is 16.2. The highest BCUT2D eigenvalue weighted by Crippen LogP contribution is 2.35. The molecule has 1 unspecified atom stereocenters. The Hall–Kier alpha value is -3.31. The summed E-state index contributed by atoms with van der Waals surface area (Å²) in [6, 6.07) is 20.4. The van der Waals surface area contributed by atoms with Crippen LogP contribution in [0.1, 0.15) is 52.7 Å². The predicted octanol–water partition coefficient (Wildman–Crippen LogP) is 6.20.